The average Bonchev–Trinajstić information content (AvgIpc) is 2.64. The summed E-state index contributed by atoms with van der Waals surface area (Å²) in [5, 5.41) is 4.16. The van der Waals surface area contributed by atoms with Gasteiger partial charge in [-0.3, -0.25) is 0 Å². The van der Waals surface area contributed by atoms with E-state index in [1.54, 1.807) is 12.1 Å². The third-order valence-corrected chi connectivity index (χ3v) is 7.32. The van der Waals surface area contributed by atoms with E-state index < -0.39 is 10.0 Å². The molecule has 1 atom stereocenters. The summed E-state index contributed by atoms with van der Waals surface area (Å²) in [5.41, 5.74) is 0.518. The normalized spacial score (nSPS) is 22.2. The lowest BCUT2D eigenvalue weighted by molar-refractivity contribution is 0.0730. The minimum atomic E-state index is -3.57. The first-order chi connectivity index (χ1) is 12.4. The molecule has 0 aromatic heterocycles. The molecule has 0 spiro atoms. The first kappa shape index (κ1) is 19.8. The fourth-order valence-electron chi connectivity index (χ4n) is 3.26. The summed E-state index contributed by atoms with van der Waals surface area (Å²) < 4.78 is 32.4. The number of piperidine rings is 1. The van der Waals surface area contributed by atoms with Crippen LogP contribution in [0.5, 0.6) is 0 Å². The zero-order chi connectivity index (χ0) is 18.7. The molecule has 6 nitrogen and oxygen atoms in total. The number of sulfonamides is 1. The first-order valence-corrected chi connectivity index (χ1v) is 11.0. The number of thiocarbonyl (C=S) groups is 1. The van der Waals surface area contributed by atoms with E-state index >= 15 is 0 Å². The average molecular weight is 418 g/mol. The maximum Gasteiger partial charge on any atom is 0.243 e. The van der Waals surface area contributed by atoms with Crippen molar-refractivity contribution in [3.63, 3.8) is 0 Å². The van der Waals surface area contributed by atoms with Crippen molar-refractivity contribution in [2.75, 3.05) is 44.7 Å². The summed E-state index contributed by atoms with van der Waals surface area (Å²) in [6.07, 6.45) is 2.30. The van der Waals surface area contributed by atoms with Gasteiger partial charge in [-0.1, -0.05) is 18.5 Å². The number of halogens is 1. The van der Waals surface area contributed by atoms with Crippen molar-refractivity contribution in [3.05, 3.63) is 23.2 Å². The summed E-state index contributed by atoms with van der Waals surface area (Å²) in [7, 11) is -3.57. The zero-order valence-corrected chi connectivity index (χ0v) is 17.2. The Morgan fingerprint density at radius 1 is 1.31 bits per heavy atom. The lowest BCUT2D eigenvalue weighted by Gasteiger charge is -2.33. The van der Waals surface area contributed by atoms with Crippen molar-refractivity contribution in [2.45, 2.75) is 24.7 Å². The molecule has 144 valence electrons. The molecule has 0 aliphatic carbocycles. The lowest BCUT2D eigenvalue weighted by Crippen LogP contribution is -2.41. The number of benzene rings is 1. The molecule has 9 heteroatoms. The van der Waals surface area contributed by atoms with Crippen molar-refractivity contribution in [3.8, 4) is 0 Å². The van der Waals surface area contributed by atoms with Crippen LogP contribution in [-0.4, -0.2) is 62.1 Å². The van der Waals surface area contributed by atoms with Crippen molar-refractivity contribution >= 4 is 44.6 Å². The highest BCUT2D eigenvalue weighted by molar-refractivity contribution is 7.89. The van der Waals surface area contributed by atoms with Gasteiger partial charge in [0, 0.05) is 26.2 Å². The third-order valence-electron chi connectivity index (χ3n) is 4.73. The van der Waals surface area contributed by atoms with Gasteiger partial charge in [-0.2, -0.15) is 4.31 Å². The topological polar surface area (TPSA) is 61.9 Å². The van der Waals surface area contributed by atoms with Crippen molar-refractivity contribution < 1.29 is 13.2 Å². The fraction of sp³-hybridized carbons (Fsp3) is 0.588. The van der Waals surface area contributed by atoms with Crippen LogP contribution in [0.2, 0.25) is 5.02 Å². The van der Waals surface area contributed by atoms with Crippen LogP contribution < -0.4 is 5.32 Å². The lowest BCUT2D eigenvalue weighted by atomic mass is 10.0. The fourth-order valence-corrected chi connectivity index (χ4v) is 5.14. The molecule has 2 saturated heterocycles. The highest BCUT2D eigenvalue weighted by Gasteiger charge is 2.27. The molecule has 1 aromatic rings. The van der Waals surface area contributed by atoms with E-state index in [9.17, 15) is 8.42 Å². The van der Waals surface area contributed by atoms with E-state index in [0.29, 0.717) is 48.0 Å². The van der Waals surface area contributed by atoms with Gasteiger partial charge in [-0.25, -0.2) is 8.42 Å². The van der Waals surface area contributed by atoms with Crippen LogP contribution in [0.25, 0.3) is 0 Å². The molecule has 2 aliphatic rings. The number of hydrogen-bond acceptors (Lipinski definition) is 4. The molecular formula is C17H24ClN3O3S2. The second-order valence-electron chi connectivity index (χ2n) is 6.78. The standard InChI is InChI=1S/C17H24ClN3O3S2/c1-13-3-2-6-20(12-13)17(25)19-16-11-14(4-5-15(16)18)26(22,23)21-7-9-24-10-8-21/h4-5,11,13H,2-3,6-10,12H2,1H3,(H,19,25)/t13-/m0/s1. The Balaban J connectivity index is 1.78. The molecule has 0 radical (unpaired) electrons. The zero-order valence-electron chi connectivity index (χ0n) is 14.8. The molecule has 0 amide bonds. The third kappa shape index (κ3) is 4.48. The summed E-state index contributed by atoms with van der Waals surface area (Å²) in [6.45, 7) is 5.55. The summed E-state index contributed by atoms with van der Waals surface area (Å²) in [4.78, 5) is 2.32. The van der Waals surface area contributed by atoms with Crippen LogP contribution in [0.4, 0.5) is 5.69 Å². The molecule has 1 N–H and O–H groups in total. The Bertz CT molecular complexity index is 767. The van der Waals surface area contributed by atoms with E-state index in [2.05, 4.69) is 17.1 Å². The molecule has 1 aromatic carbocycles. The van der Waals surface area contributed by atoms with Gasteiger partial charge < -0.3 is 15.0 Å². The number of nitrogens with zero attached hydrogens (tertiary/aromatic N) is 2. The molecule has 2 fully saturated rings. The maximum absolute atomic E-state index is 12.8. The Labute approximate surface area is 165 Å². The van der Waals surface area contributed by atoms with Crippen molar-refractivity contribution in [1.29, 1.82) is 0 Å². The number of rotatable bonds is 3. The molecule has 2 heterocycles. The van der Waals surface area contributed by atoms with Gasteiger partial charge in [-0.15, -0.1) is 0 Å². The van der Waals surface area contributed by atoms with Crippen LogP contribution in [0.3, 0.4) is 0 Å². The summed E-state index contributed by atoms with van der Waals surface area (Å²) >= 11 is 11.8. The van der Waals surface area contributed by atoms with Crippen LogP contribution in [0.15, 0.2) is 23.1 Å². The largest absolute Gasteiger partial charge is 0.379 e. The van der Waals surface area contributed by atoms with Crippen LogP contribution in [0.1, 0.15) is 19.8 Å². The predicted octanol–water partition coefficient (Wildman–Crippen LogP) is 2.79. The number of hydrogen-bond donors (Lipinski definition) is 1. The number of likely N-dealkylation sites (tertiary alicyclic amines) is 1. The Kier molecular flexibility index (Phi) is 6.40. The summed E-state index contributed by atoms with van der Waals surface area (Å²) in [6, 6.07) is 4.69. The second-order valence-corrected chi connectivity index (χ2v) is 9.51. The minimum absolute atomic E-state index is 0.209. The van der Waals surface area contributed by atoms with Gasteiger partial charge in [0.05, 0.1) is 28.8 Å². The van der Waals surface area contributed by atoms with Gasteiger partial charge in [0.25, 0.3) is 0 Å². The van der Waals surface area contributed by atoms with Gasteiger partial charge in [-0.05, 0) is 49.2 Å². The number of ether oxygens (including phenoxy) is 1. The molecule has 26 heavy (non-hydrogen) atoms. The van der Waals surface area contributed by atoms with E-state index in [1.807, 2.05) is 0 Å². The van der Waals surface area contributed by atoms with Gasteiger partial charge >= 0.3 is 0 Å². The molecule has 0 bridgehead atoms. The molecule has 0 unspecified atom stereocenters. The van der Waals surface area contributed by atoms with Gasteiger partial charge in [0.15, 0.2) is 5.11 Å². The minimum Gasteiger partial charge on any atom is -0.379 e. The SMILES string of the molecule is C[C@H]1CCCN(C(=S)Nc2cc(S(=O)(=O)N3CCOCC3)ccc2Cl)C1. The number of anilines is 1. The number of nitrogens with one attached hydrogen (secondary N) is 1. The van der Waals surface area contributed by atoms with E-state index in [1.165, 1.54) is 16.8 Å². The van der Waals surface area contributed by atoms with Crippen molar-refractivity contribution in [1.82, 2.24) is 9.21 Å². The van der Waals surface area contributed by atoms with Gasteiger partial charge in [0.1, 0.15) is 0 Å². The number of morpholine rings is 1. The quantitative estimate of drug-likeness (QED) is 0.763. The van der Waals surface area contributed by atoms with E-state index in [0.717, 1.165) is 19.5 Å². The smallest absolute Gasteiger partial charge is 0.243 e. The Morgan fingerprint density at radius 2 is 2.04 bits per heavy atom. The van der Waals surface area contributed by atoms with E-state index in [4.69, 9.17) is 28.6 Å². The monoisotopic (exact) mass is 417 g/mol. The Morgan fingerprint density at radius 3 is 2.73 bits per heavy atom. The van der Waals surface area contributed by atoms with Crippen LogP contribution in [-0.2, 0) is 14.8 Å². The molecule has 3 rings (SSSR count). The summed E-state index contributed by atoms with van der Waals surface area (Å²) in [5.74, 6) is 0.590. The maximum atomic E-state index is 12.8. The first-order valence-electron chi connectivity index (χ1n) is 8.81. The molecular weight excluding hydrogens is 394 g/mol. The van der Waals surface area contributed by atoms with Crippen LogP contribution in [0, 0.1) is 5.92 Å². The Hall–Kier alpha value is -0.930. The van der Waals surface area contributed by atoms with Gasteiger partial charge in [0.2, 0.25) is 10.0 Å². The van der Waals surface area contributed by atoms with Crippen molar-refractivity contribution in [2.24, 2.45) is 5.92 Å². The highest BCUT2D eigenvalue weighted by Crippen LogP contribution is 2.28. The van der Waals surface area contributed by atoms with E-state index in [-0.39, 0.29) is 4.90 Å². The molecule has 0 saturated carbocycles. The predicted molar refractivity (Wildman–Crippen MR) is 107 cm³/mol. The van der Waals surface area contributed by atoms with Crippen LogP contribution >= 0.6 is 23.8 Å². The highest BCUT2D eigenvalue weighted by atomic mass is 35.5. The second kappa shape index (κ2) is 8.39. The molecule has 2 aliphatic heterocycles.